The summed E-state index contributed by atoms with van der Waals surface area (Å²) in [6, 6.07) is 4.41. The van der Waals surface area contributed by atoms with Gasteiger partial charge in [-0.05, 0) is 49.1 Å². The van der Waals surface area contributed by atoms with Gasteiger partial charge in [-0.25, -0.2) is 0 Å². The van der Waals surface area contributed by atoms with Crippen LogP contribution in [-0.4, -0.2) is 11.1 Å². The van der Waals surface area contributed by atoms with E-state index in [9.17, 15) is 0 Å². The highest BCUT2D eigenvalue weighted by Crippen LogP contribution is 2.40. The van der Waals surface area contributed by atoms with E-state index in [1.807, 2.05) is 12.1 Å². The minimum Gasteiger partial charge on any atom is -0.462 e. The Kier molecular flexibility index (Phi) is 5.28. The molecular weight excluding hydrogens is 250 g/mol. The number of aliphatic hydroxyl groups is 1. The first kappa shape index (κ1) is 15.6. The smallest absolute Gasteiger partial charge is 0.129 e. The average Bonchev–Trinajstić information content (AvgIpc) is 2.93. The van der Waals surface area contributed by atoms with Gasteiger partial charge in [0.05, 0.1) is 6.54 Å². The van der Waals surface area contributed by atoms with Crippen LogP contribution in [0.4, 0.5) is 0 Å². The molecule has 0 atom stereocenters. The van der Waals surface area contributed by atoms with Crippen molar-refractivity contribution in [2.75, 3.05) is 0 Å². The summed E-state index contributed by atoms with van der Waals surface area (Å²) in [6.45, 7) is 7.87. The molecular formula is C17H29NO2. The molecule has 0 saturated heterocycles. The fraction of sp³-hybridized carbons (Fsp3) is 0.765. The van der Waals surface area contributed by atoms with Gasteiger partial charge >= 0.3 is 0 Å². The van der Waals surface area contributed by atoms with Crippen LogP contribution < -0.4 is 5.32 Å². The maximum atomic E-state index is 8.98. The zero-order valence-corrected chi connectivity index (χ0v) is 13.1. The largest absolute Gasteiger partial charge is 0.462 e. The van der Waals surface area contributed by atoms with Gasteiger partial charge in [0.25, 0.3) is 0 Å². The fourth-order valence-corrected chi connectivity index (χ4v) is 3.21. The van der Waals surface area contributed by atoms with Crippen molar-refractivity contribution in [2.24, 2.45) is 11.3 Å². The second kappa shape index (κ2) is 6.77. The molecule has 1 fully saturated rings. The van der Waals surface area contributed by atoms with E-state index >= 15 is 0 Å². The van der Waals surface area contributed by atoms with Gasteiger partial charge < -0.3 is 14.8 Å². The maximum Gasteiger partial charge on any atom is 0.129 e. The standard InChI is InChI=1S/C17H29NO2/c1-4-17(2,3)13-5-7-14(8-6-13)18-11-15-9-10-16(12-19)20-15/h9-10,13-14,18-19H,4-8,11-12H2,1-3H3. The van der Waals surface area contributed by atoms with Crippen LogP contribution in [0.25, 0.3) is 0 Å². The molecule has 114 valence electrons. The first-order valence-electron chi connectivity index (χ1n) is 7.97. The normalized spacial score (nSPS) is 24.0. The lowest BCUT2D eigenvalue weighted by Crippen LogP contribution is -2.36. The van der Waals surface area contributed by atoms with E-state index in [0.717, 1.165) is 18.2 Å². The van der Waals surface area contributed by atoms with Gasteiger partial charge in [-0.2, -0.15) is 0 Å². The second-order valence-electron chi connectivity index (χ2n) is 6.80. The monoisotopic (exact) mass is 279 g/mol. The van der Waals surface area contributed by atoms with E-state index in [1.54, 1.807) is 0 Å². The van der Waals surface area contributed by atoms with Gasteiger partial charge in [-0.3, -0.25) is 0 Å². The van der Waals surface area contributed by atoms with Crippen molar-refractivity contribution < 1.29 is 9.52 Å². The third kappa shape index (κ3) is 3.86. The Labute approximate surface area is 122 Å². The maximum absolute atomic E-state index is 8.98. The first-order valence-corrected chi connectivity index (χ1v) is 7.97. The molecule has 0 aromatic carbocycles. The number of furan rings is 1. The summed E-state index contributed by atoms with van der Waals surface area (Å²) in [5, 5.41) is 12.6. The van der Waals surface area contributed by atoms with Gasteiger partial charge in [0.15, 0.2) is 0 Å². The Balaban J connectivity index is 1.74. The van der Waals surface area contributed by atoms with Crippen molar-refractivity contribution in [3.8, 4) is 0 Å². The topological polar surface area (TPSA) is 45.4 Å². The molecule has 1 saturated carbocycles. The van der Waals surface area contributed by atoms with Crippen molar-refractivity contribution in [3.63, 3.8) is 0 Å². The molecule has 0 aliphatic heterocycles. The van der Waals surface area contributed by atoms with Crippen LogP contribution in [0.15, 0.2) is 16.5 Å². The van der Waals surface area contributed by atoms with Gasteiger partial charge in [0.2, 0.25) is 0 Å². The molecule has 1 heterocycles. The summed E-state index contributed by atoms with van der Waals surface area (Å²) in [4.78, 5) is 0. The van der Waals surface area contributed by atoms with Crippen molar-refractivity contribution in [2.45, 2.75) is 72.1 Å². The molecule has 3 nitrogen and oxygen atoms in total. The highest BCUT2D eigenvalue weighted by molar-refractivity contribution is 5.06. The summed E-state index contributed by atoms with van der Waals surface area (Å²) in [7, 11) is 0. The van der Waals surface area contributed by atoms with Crippen LogP contribution >= 0.6 is 0 Å². The van der Waals surface area contributed by atoms with Gasteiger partial charge in [-0.15, -0.1) is 0 Å². The Bertz CT molecular complexity index is 403. The van der Waals surface area contributed by atoms with E-state index in [-0.39, 0.29) is 6.61 Å². The van der Waals surface area contributed by atoms with Crippen molar-refractivity contribution >= 4 is 0 Å². The molecule has 1 aromatic heterocycles. The summed E-state index contributed by atoms with van der Waals surface area (Å²) < 4.78 is 5.50. The molecule has 0 spiro atoms. The quantitative estimate of drug-likeness (QED) is 0.831. The molecule has 0 unspecified atom stereocenters. The average molecular weight is 279 g/mol. The molecule has 0 radical (unpaired) electrons. The third-order valence-corrected chi connectivity index (χ3v) is 5.18. The predicted octanol–water partition coefficient (Wildman–Crippen LogP) is 3.86. The molecule has 2 N–H and O–H groups in total. The number of hydrogen-bond acceptors (Lipinski definition) is 3. The Hall–Kier alpha value is -0.800. The molecule has 2 rings (SSSR count). The minimum atomic E-state index is -0.0167. The first-order chi connectivity index (χ1) is 9.55. The summed E-state index contributed by atoms with van der Waals surface area (Å²) >= 11 is 0. The van der Waals surface area contributed by atoms with E-state index in [2.05, 4.69) is 26.1 Å². The fourth-order valence-electron chi connectivity index (χ4n) is 3.21. The van der Waals surface area contributed by atoms with E-state index in [1.165, 1.54) is 32.1 Å². The van der Waals surface area contributed by atoms with Gasteiger partial charge in [-0.1, -0.05) is 27.2 Å². The zero-order chi connectivity index (χ0) is 14.6. The van der Waals surface area contributed by atoms with E-state index in [4.69, 9.17) is 9.52 Å². The van der Waals surface area contributed by atoms with Crippen LogP contribution in [0.2, 0.25) is 0 Å². The lowest BCUT2D eigenvalue weighted by Gasteiger charge is -2.39. The van der Waals surface area contributed by atoms with E-state index in [0.29, 0.717) is 17.2 Å². The van der Waals surface area contributed by atoms with Crippen LogP contribution in [0.1, 0.15) is 64.4 Å². The van der Waals surface area contributed by atoms with Crippen molar-refractivity contribution in [1.29, 1.82) is 0 Å². The molecule has 1 aliphatic carbocycles. The van der Waals surface area contributed by atoms with Crippen LogP contribution in [0, 0.1) is 11.3 Å². The lowest BCUT2D eigenvalue weighted by atomic mass is 9.69. The van der Waals surface area contributed by atoms with Gasteiger partial charge in [0.1, 0.15) is 18.1 Å². The number of nitrogens with one attached hydrogen (secondary N) is 1. The zero-order valence-electron chi connectivity index (χ0n) is 13.1. The Morgan fingerprint density at radius 1 is 1.20 bits per heavy atom. The number of hydrogen-bond donors (Lipinski definition) is 2. The molecule has 0 amide bonds. The summed E-state index contributed by atoms with van der Waals surface area (Å²) in [5.74, 6) is 2.44. The molecule has 3 heteroatoms. The highest BCUT2D eigenvalue weighted by Gasteiger charge is 2.31. The third-order valence-electron chi connectivity index (χ3n) is 5.18. The summed E-state index contributed by atoms with van der Waals surface area (Å²) in [5.41, 5.74) is 0.488. The van der Waals surface area contributed by atoms with Crippen LogP contribution in [0.5, 0.6) is 0 Å². The molecule has 0 bridgehead atoms. The number of aliphatic hydroxyl groups excluding tert-OH is 1. The number of rotatable bonds is 6. The minimum absolute atomic E-state index is 0.0167. The highest BCUT2D eigenvalue weighted by atomic mass is 16.4. The Morgan fingerprint density at radius 3 is 2.40 bits per heavy atom. The lowest BCUT2D eigenvalue weighted by molar-refractivity contribution is 0.136. The summed E-state index contributed by atoms with van der Waals surface area (Å²) in [6.07, 6.45) is 6.46. The van der Waals surface area contributed by atoms with E-state index < -0.39 is 0 Å². The van der Waals surface area contributed by atoms with Crippen molar-refractivity contribution in [3.05, 3.63) is 23.7 Å². The molecule has 20 heavy (non-hydrogen) atoms. The SMILES string of the molecule is CCC(C)(C)C1CCC(NCc2ccc(CO)o2)CC1. The van der Waals surface area contributed by atoms with Crippen LogP contribution in [0.3, 0.4) is 0 Å². The van der Waals surface area contributed by atoms with Gasteiger partial charge in [0, 0.05) is 6.04 Å². The predicted molar refractivity (Wildman–Crippen MR) is 81.3 cm³/mol. The molecule has 1 aliphatic rings. The second-order valence-corrected chi connectivity index (χ2v) is 6.80. The van der Waals surface area contributed by atoms with Crippen molar-refractivity contribution in [1.82, 2.24) is 5.32 Å². The Morgan fingerprint density at radius 2 is 1.85 bits per heavy atom. The van der Waals surface area contributed by atoms with Crippen LogP contribution in [-0.2, 0) is 13.2 Å². The molecule has 1 aromatic rings.